The molecule has 1 aromatic carbocycles. The number of nitrogens with one attached hydrogen (secondary N) is 1. The molecule has 1 fully saturated rings. The van der Waals surface area contributed by atoms with E-state index in [-0.39, 0.29) is 0 Å². The molecule has 1 aliphatic rings. The first-order valence-corrected chi connectivity index (χ1v) is 6.75. The van der Waals surface area contributed by atoms with E-state index < -0.39 is 0 Å². The van der Waals surface area contributed by atoms with Crippen molar-refractivity contribution in [3.05, 3.63) is 35.4 Å². The summed E-state index contributed by atoms with van der Waals surface area (Å²) in [6, 6.07) is 10.2. The summed E-state index contributed by atoms with van der Waals surface area (Å²) in [5.41, 5.74) is 2.78. The first-order valence-electron chi connectivity index (χ1n) is 6.75. The highest BCUT2D eigenvalue weighted by molar-refractivity contribution is 5.24. The Morgan fingerprint density at radius 2 is 2.06 bits per heavy atom. The van der Waals surface area contributed by atoms with E-state index >= 15 is 0 Å². The summed E-state index contributed by atoms with van der Waals surface area (Å²) in [5.74, 6) is 0. The van der Waals surface area contributed by atoms with Gasteiger partial charge in [-0.2, -0.15) is 0 Å². The molecule has 2 heteroatoms. The monoisotopic (exact) mass is 232 g/mol. The number of aryl methyl sites for hydroxylation is 1. The molecule has 17 heavy (non-hydrogen) atoms. The summed E-state index contributed by atoms with van der Waals surface area (Å²) >= 11 is 0. The summed E-state index contributed by atoms with van der Waals surface area (Å²) in [7, 11) is 0. The van der Waals surface area contributed by atoms with Gasteiger partial charge in [0.25, 0.3) is 0 Å². The summed E-state index contributed by atoms with van der Waals surface area (Å²) < 4.78 is 0. The van der Waals surface area contributed by atoms with Gasteiger partial charge in [0, 0.05) is 31.7 Å². The Morgan fingerprint density at radius 1 is 1.35 bits per heavy atom. The van der Waals surface area contributed by atoms with Crippen LogP contribution in [0.15, 0.2) is 24.3 Å². The highest BCUT2D eigenvalue weighted by Gasteiger charge is 2.25. The largest absolute Gasteiger partial charge is 0.314 e. The van der Waals surface area contributed by atoms with Crippen molar-refractivity contribution >= 4 is 0 Å². The van der Waals surface area contributed by atoms with Crippen molar-refractivity contribution in [2.45, 2.75) is 39.3 Å². The lowest BCUT2D eigenvalue weighted by atomic mass is 10.0. The molecule has 0 spiro atoms. The van der Waals surface area contributed by atoms with Crippen LogP contribution in [0, 0.1) is 6.92 Å². The van der Waals surface area contributed by atoms with Gasteiger partial charge >= 0.3 is 0 Å². The molecular formula is C15H24N2. The van der Waals surface area contributed by atoms with Crippen LogP contribution < -0.4 is 5.32 Å². The predicted molar refractivity (Wildman–Crippen MR) is 73.2 cm³/mol. The van der Waals surface area contributed by atoms with Crippen molar-refractivity contribution in [3.63, 3.8) is 0 Å². The van der Waals surface area contributed by atoms with Crippen LogP contribution in [0.2, 0.25) is 0 Å². The molecule has 2 unspecified atom stereocenters. The normalized spacial score (nSPS) is 23.6. The van der Waals surface area contributed by atoms with Gasteiger partial charge in [0.05, 0.1) is 0 Å². The Labute approximate surface area is 105 Å². The fraction of sp³-hybridized carbons (Fsp3) is 0.600. The molecule has 1 N–H and O–H groups in total. The Morgan fingerprint density at radius 3 is 2.71 bits per heavy atom. The zero-order valence-electron chi connectivity index (χ0n) is 11.2. The fourth-order valence-corrected chi connectivity index (χ4v) is 2.70. The molecule has 0 amide bonds. The quantitative estimate of drug-likeness (QED) is 0.862. The molecule has 1 aliphatic heterocycles. The van der Waals surface area contributed by atoms with Crippen LogP contribution >= 0.6 is 0 Å². The Hall–Kier alpha value is -0.860. The van der Waals surface area contributed by atoms with E-state index in [0.717, 1.165) is 19.6 Å². The molecule has 1 saturated heterocycles. The standard InChI is InChI=1S/C15H24N2/c1-4-15-11-16-9-10-17(15)13(3)14-7-5-12(2)6-8-14/h5-8,13,15-16H,4,9-11H2,1-3H3. The van der Waals surface area contributed by atoms with Crippen LogP contribution in [0.4, 0.5) is 0 Å². The average molecular weight is 232 g/mol. The van der Waals surface area contributed by atoms with E-state index in [1.165, 1.54) is 17.5 Å². The third kappa shape index (κ3) is 2.88. The molecule has 1 aromatic rings. The van der Waals surface area contributed by atoms with E-state index in [1.54, 1.807) is 0 Å². The Balaban J connectivity index is 2.12. The van der Waals surface area contributed by atoms with Crippen LogP contribution in [-0.2, 0) is 0 Å². The smallest absolute Gasteiger partial charge is 0.0323 e. The first-order chi connectivity index (χ1) is 8.22. The maximum atomic E-state index is 3.49. The van der Waals surface area contributed by atoms with E-state index in [2.05, 4.69) is 55.3 Å². The number of benzene rings is 1. The van der Waals surface area contributed by atoms with Crippen molar-refractivity contribution < 1.29 is 0 Å². The van der Waals surface area contributed by atoms with E-state index in [4.69, 9.17) is 0 Å². The molecule has 2 nitrogen and oxygen atoms in total. The zero-order valence-corrected chi connectivity index (χ0v) is 11.2. The third-order valence-corrected chi connectivity index (χ3v) is 3.92. The van der Waals surface area contributed by atoms with Crippen molar-refractivity contribution in [3.8, 4) is 0 Å². The highest BCUT2D eigenvalue weighted by atomic mass is 15.2. The maximum absolute atomic E-state index is 3.49. The van der Waals surface area contributed by atoms with Gasteiger partial charge in [-0.3, -0.25) is 4.90 Å². The lowest BCUT2D eigenvalue weighted by Gasteiger charge is -2.40. The number of rotatable bonds is 3. The van der Waals surface area contributed by atoms with Crippen LogP contribution in [0.1, 0.15) is 37.4 Å². The van der Waals surface area contributed by atoms with Gasteiger partial charge in [-0.05, 0) is 25.8 Å². The molecule has 0 saturated carbocycles. The fourth-order valence-electron chi connectivity index (χ4n) is 2.70. The van der Waals surface area contributed by atoms with Crippen LogP contribution in [0.3, 0.4) is 0 Å². The molecular weight excluding hydrogens is 208 g/mol. The molecule has 94 valence electrons. The van der Waals surface area contributed by atoms with Gasteiger partial charge in [-0.1, -0.05) is 36.8 Å². The minimum atomic E-state index is 0.530. The second-order valence-electron chi connectivity index (χ2n) is 5.09. The lowest BCUT2D eigenvalue weighted by molar-refractivity contribution is 0.112. The molecule has 0 aromatic heterocycles. The van der Waals surface area contributed by atoms with Gasteiger partial charge in [-0.15, -0.1) is 0 Å². The maximum Gasteiger partial charge on any atom is 0.0323 e. The van der Waals surface area contributed by atoms with Crippen molar-refractivity contribution in [2.75, 3.05) is 19.6 Å². The van der Waals surface area contributed by atoms with Gasteiger partial charge in [0.1, 0.15) is 0 Å². The topological polar surface area (TPSA) is 15.3 Å². The zero-order chi connectivity index (χ0) is 12.3. The number of nitrogens with zero attached hydrogens (tertiary/aromatic N) is 1. The van der Waals surface area contributed by atoms with E-state index in [9.17, 15) is 0 Å². The number of hydrogen-bond acceptors (Lipinski definition) is 2. The molecule has 0 bridgehead atoms. The first kappa shape index (κ1) is 12.6. The second-order valence-corrected chi connectivity index (χ2v) is 5.09. The summed E-state index contributed by atoms with van der Waals surface area (Å²) in [5, 5.41) is 3.49. The molecule has 1 heterocycles. The molecule has 0 aliphatic carbocycles. The SMILES string of the molecule is CCC1CNCCN1C(C)c1ccc(C)cc1. The predicted octanol–water partition coefficient (Wildman–Crippen LogP) is 2.74. The van der Waals surface area contributed by atoms with Gasteiger partial charge < -0.3 is 5.32 Å². The highest BCUT2D eigenvalue weighted by Crippen LogP contribution is 2.24. The number of piperazine rings is 1. The van der Waals surface area contributed by atoms with Crippen molar-refractivity contribution in [1.82, 2.24) is 10.2 Å². The molecule has 2 rings (SSSR count). The average Bonchev–Trinajstić information content (AvgIpc) is 2.39. The van der Waals surface area contributed by atoms with Crippen molar-refractivity contribution in [2.24, 2.45) is 0 Å². The van der Waals surface area contributed by atoms with Gasteiger partial charge in [-0.25, -0.2) is 0 Å². The number of hydrogen-bond donors (Lipinski definition) is 1. The Kier molecular flexibility index (Phi) is 4.19. The summed E-state index contributed by atoms with van der Waals surface area (Å²) in [4.78, 5) is 2.64. The van der Waals surface area contributed by atoms with Crippen LogP contribution in [0.25, 0.3) is 0 Å². The second kappa shape index (κ2) is 5.65. The molecule has 0 radical (unpaired) electrons. The summed E-state index contributed by atoms with van der Waals surface area (Å²) in [6.07, 6.45) is 1.23. The minimum absolute atomic E-state index is 0.530. The summed E-state index contributed by atoms with van der Waals surface area (Å²) in [6.45, 7) is 10.2. The molecule has 2 atom stereocenters. The van der Waals surface area contributed by atoms with Crippen LogP contribution in [0.5, 0.6) is 0 Å². The van der Waals surface area contributed by atoms with E-state index in [1.807, 2.05) is 0 Å². The third-order valence-electron chi connectivity index (χ3n) is 3.92. The minimum Gasteiger partial charge on any atom is -0.314 e. The van der Waals surface area contributed by atoms with Crippen LogP contribution in [-0.4, -0.2) is 30.6 Å². The van der Waals surface area contributed by atoms with Gasteiger partial charge in [0.2, 0.25) is 0 Å². The Bertz CT molecular complexity index is 344. The van der Waals surface area contributed by atoms with Crippen molar-refractivity contribution in [1.29, 1.82) is 0 Å². The van der Waals surface area contributed by atoms with Gasteiger partial charge in [0.15, 0.2) is 0 Å². The van der Waals surface area contributed by atoms with E-state index in [0.29, 0.717) is 12.1 Å². The lowest BCUT2D eigenvalue weighted by Crippen LogP contribution is -2.51.